The van der Waals surface area contributed by atoms with Gasteiger partial charge in [-0.25, -0.2) is 9.78 Å². The number of hydrogen-bond donors (Lipinski definition) is 0. The fraction of sp³-hybridized carbons (Fsp3) is 0.240. The molecule has 9 heteroatoms. The highest BCUT2D eigenvalue weighted by Gasteiger charge is 2.20. The lowest BCUT2D eigenvalue weighted by Crippen LogP contribution is -2.33. The Kier molecular flexibility index (Phi) is 6.74. The van der Waals surface area contributed by atoms with Crippen molar-refractivity contribution in [3.8, 4) is 0 Å². The van der Waals surface area contributed by atoms with E-state index < -0.39 is 11.9 Å². The van der Waals surface area contributed by atoms with Crippen LogP contribution in [0.5, 0.6) is 0 Å². The number of halogens is 1. The van der Waals surface area contributed by atoms with Crippen molar-refractivity contribution in [1.29, 1.82) is 0 Å². The Hall–Kier alpha value is -3.59. The molecule has 3 heterocycles. The van der Waals surface area contributed by atoms with Crippen molar-refractivity contribution in [3.63, 3.8) is 0 Å². The lowest BCUT2D eigenvalue weighted by molar-refractivity contribution is 0.0523. The molecule has 34 heavy (non-hydrogen) atoms. The Balaban J connectivity index is 2.12. The summed E-state index contributed by atoms with van der Waals surface area (Å²) in [6, 6.07) is 13.4. The lowest BCUT2D eigenvalue weighted by Gasteiger charge is -2.16. The number of aromatic nitrogens is 3. The van der Waals surface area contributed by atoms with Crippen molar-refractivity contribution in [2.24, 2.45) is 10.9 Å². The first-order valence-electron chi connectivity index (χ1n) is 10.9. The Labute approximate surface area is 203 Å². The van der Waals surface area contributed by atoms with E-state index in [4.69, 9.17) is 4.74 Å². The van der Waals surface area contributed by atoms with Crippen LogP contribution in [0.15, 0.2) is 69.0 Å². The van der Waals surface area contributed by atoms with Crippen LogP contribution in [0.4, 0.5) is 0 Å². The quantitative estimate of drug-likeness (QED) is 0.291. The molecule has 0 radical (unpaired) electrons. The molecule has 0 fully saturated rings. The number of nitrogens with zero attached hydrogens (tertiary/aromatic N) is 4. The van der Waals surface area contributed by atoms with E-state index in [0.717, 1.165) is 4.47 Å². The summed E-state index contributed by atoms with van der Waals surface area (Å²) in [6.45, 7) is 6.19. The van der Waals surface area contributed by atoms with Crippen LogP contribution in [0.3, 0.4) is 0 Å². The molecule has 0 saturated carbocycles. The molecule has 0 N–H and O–H groups in total. The summed E-state index contributed by atoms with van der Waals surface area (Å²) in [6.07, 6.45) is 1.62. The maximum atomic E-state index is 13.3. The van der Waals surface area contributed by atoms with Crippen molar-refractivity contribution in [2.45, 2.75) is 27.3 Å². The van der Waals surface area contributed by atoms with Gasteiger partial charge in [0.25, 0.3) is 11.5 Å². The van der Waals surface area contributed by atoms with Crippen LogP contribution in [0, 0.1) is 5.92 Å². The number of hydrogen-bond acceptors (Lipinski definition) is 5. The van der Waals surface area contributed by atoms with Crippen molar-refractivity contribution >= 4 is 44.5 Å². The number of carbonyl (C=O) groups is 2. The third kappa shape index (κ3) is 4.56. The first-order valence-corrected chi connectivity index (χ1v) is 11.7. The molecule has 1 aromatic carbocycles. The zero-order valence-corrected chi connectivity index (χ0v) is 20.6. The minimum atomic E-state index is -0.665. The highest BCUT2D eigenvalue weighted by Crippen LogP contribution is 2.14. The number of pyridine rings is 2. The molecule has 4 rings (SSSR count). The van der Waals surface area contributed by atoms with Crippen LogP contribution in [0.2, 0.25) is 0 Å². The molecular formula is C25H23BrN4O4. The molecule has 0 aliphatic carbocycles. The van der Waals surface area contributed by atoms with Crippen LogP contribution >= 0.6 is 15.9 Å². The molecule has 3 aromatic heterocycles. The van der Waals surface area contributed by atoms with Gasteiger partial charge in [-0.05, 0) is 55.3 Å². The largest absolute Gasteiger partial charge is 0.462 e. The van der Waals surface area contributed by atoms with Gasteiger partial charge in [-0.2, -0.15) is 4.99 Å². The number of benzene rings is 1. The average Bonchev–Trinajstić information content (AvgIpc) is 2.81. The molecule has 1 amide bonds. The minimum absolute atomic E-state index is 0.0373. The Morgan fingerprint density at radius 2 is 1.88 bits per heavy atom. The predicted molar refractivity (Wildman–Crippen MR) is 132 cm³/mol. The maximum absolute atomic E-state index is 13.3. The number of fused-ring (bicyclic) bond motifs is 2. The molecule has 0 aliphatic heterocycles. The second-order valence-electron chi connectivity index (χ2n) is 8.11. The Morgan fingerprint density at radius 3 is 2.56 bits per heavy atom. The van der Waals surface area contributed by atoms with Gasteiger partial charge in [-0.15, -0.1) is 0 Å². The van der Waals surface area contributed by atoms with E-state index in [0.29, 0.717) is 23.4 Å². The van der Waals surface area contributed by atoms with Crippen LogP contribution in [0.1, 0.15) is 41.5 Å². The summed E-state index contributed by atoms with van der Waals surface area (Å²) in [5, 5.41) is 0.238. The van der Waals surface area contributed by atoms with Gasteiger partial charge in [0.15, 0.2) is 5.49 Å². The third-order valence-corrected chi connectivity index (χ3v) is 5.66. The van der Waals surface area contributed by atoms with Gasteiger partial charge in [0.05, 0.1) is 12.0 Å². The van der Waals surface area contributed by atoms with Gasteiger partial charge in [0.1, 0.15) is 16.9 Å². The lowest BCUT2D eigenvalue weighted by atomic mass is 10.1. The van der Waals surface area contributed by atoms with Crippen molar-refractivity contribution < 1.29 is 14.3 Å². The van der Waals surface area contributed by atoms with Gasteiger partial charge in [-0.3, -0.25) is 14.0 Å². The minimum Gasteiger partial charge on any atom is -0.462 e. The third-order valence-electron chi connectivity index (χ3n) is 5.13. The van der Waals surface area contributed by atoms with Gasteiger partial charge in [-0.1, -0.05) is 35.8 Å². The molecule has 0 unspecified atom stereocenters. The first kappa shape index (κ1) is 23.6. The van der Waals surface area contributed by atoms with E-state index in [9.17, 15) is 14.4 Å². The number of carbonyl (C=O) groups excluding carboxylic acids is 2. The van der Waals surface area contributed by atoms with Crippen LogP contribution in [0.25, 0.3) is 16.7 Å². The standard InChI is InChI=1S/C25H23BrN4O4/c1-4-34-25(33)19-13-18-21(27-20-7-5-6-12-29(20)24(18)32)30(14-15(2)3)22(19)28-23(31)16-8-10-17(26)11-9-16/h5-13,15H,4,14H2,1-3H3. The van der Waals surface area contributed by atoms with Crippen LogP contribution in [-0.2, 0) is 11.3 Å². The second kappa shape index (κ2) is 9.72. The summed E-state index contributed by atoms with van der Waals surface area (Å²) < 4.78 is 9.16. The SMILES string of the molecule is CCOC(=O)c1cc2c(=O)n3ccccc3nc2n(CC(C)C)c1=NC(=O)c1ccc(Br)cc1. The predicted octanol–water partition coefficient (Wildman–Crippen LogP) is 3.99. The molecular weight excluding hydrogens is 500 g/mol. The highest BCUT2D eigenvalue weighted by atomic mass is 79.9. The Morgan fingerprint density at radius 1 is 1.15 bits per heavy atom. The molecule has 8 nitrogen and oxygen atoms in total. The monoisotopic (exact) mass is 522 g/mol. The summed E-state index contributed by atoms with van der Waals surface area (Å²) in [5.74, 6) is -1.08. The topological polar surface area (TPSA) is 95.0 Å². The highest BCUT2D eigenvalue weighted by molar-refractivity contribution is 9.10. The van der Waals surface area contributed by atoms with E-state index >= 15 is 0 Å². The number of amides is 1. The number of rotatable bonds is 5. The summed E-state index contributed by atoms with van der Waals surface area (Å²) in [7, 11) is 0. The molecule has 0 atom stereocenters. The van der Waals surface area contributed by atoms with E-state index in [1.165, 1.54) is 10.5 Å². The second-order valence-corrected chi connectivity index (χ2v) is 9.03. The van der Waals surface area contributed by atoms with Gasteiger partial charge in [0.2, 0.25) is 0 Å². The number of esters is 1. The van der Waals surface area contributed by atoms with E-state index in [1.807, 2.05) is 13.8 Å². The van der Waals surface area contributed by atoms with Crippen molar-refractivity contribution in [3.05, 3.63) is 86.2 Å². The Bertz CT molecular complexity index is 1540. The van der Waals surface area contributed by atoms with Crippen LogP contribution in [-0.4, -0.2) is 32.4 Å². The summed E-state index contributed by atoms with van der Waals surface area (Å²) in [4.78, 5) is 48.3. The molecule has 4 aromatic rings. The normalized spacial score (nSPS) is 12.0. The van der Waals surface area contributed by atoms with E-state index in [-0.39, 0.29) is 34.5 Å². The summed E-state index contributed by atoms with van der Waals surface area (Å²) in [5.41, 5.74) is 0.983. The molecule has 0 aliphatic rings. The fourth-order valence-electron chi connectivity index (χ4n) is 3.65. The zero-order chi connectivity index (χ0) is 24.4. The molecule has 0 bridgehead atoms. The number of ether oxygens (including phenoxy) is 1. The van der Waals surface area contributed by atoms with Crippen molar-refractivity contribution in [2.75, 3.05) is 6.61 Å². The van der Waals surface area contributed by atoms with Gasteiger partial charge in [0, 0.05) is 22.8 Å². The van der Waals surface area contributed by atoms with Crippen molar-refractivity contribution in [1.82, 2.24) is 14.0 Å². The molecule has 0 saturated heterocycles. The molecule has 174 valence electrons. The summed E-state index contributed by atoms with van der Waals surface area (Å²) >= 11 is 3.35. The smallest absolute Gasteiger partial charge is 0.341 e. The molecule has 0 spiro atoms. The first-order chi connectivity index (χ1) is 16.3. The average molecular weight is 523 g/mol. The maximum Gasteiger partial charge on any atom is 0.341 e. The fourth-order valence-corrected chi connectivity index (χ4v) is 3.91. The van der Waals surface area contributed by atoms with E-state index in [2.05, 4.69) is 25.9 Å². The van der Waals surface area contributed by atoms with E-state index in [1.54, 1.807) is 60.2 Å². The van der Waals surface area contributed by atoms with Gasteiger partial charge >= 0.3 is 5.97 Å². The van der Waals surface area contributed by atoms with Crippen LogP contribution < -0.4 is 11.0 Å². The van der Waals surface area contributed by atoms with Gasteiger partial charge < -0.3 is 9.30 Å². The zero-order valence-electron chi connectivity index (χ0n) is 19.0.